The van der Waals surface area contributed by atoms with Crippen LogP contribution in [0.15, 0.2) is 24.3 Å². The molecular formula is C18H28N2O3S. The van der Waals surface area contributed by atoms with Crippen LogP contribution < -0.4 is 4.31 Å². The van der Waals surface area contributed by atoms with Gasteiger partial charge in [0.25, 0.3) is 0 Å². The van der Waals surface area contributed by atoms with E-state index in [1.54, 1.807) is 6.07 Å². The lowest BCUT2D eigenvalue weighted by molar-refractivity contribution is -0.131. The van der Waals surface area contributed by atoms with Crippen LogP contribution in [0.3, 0.4) is 0 Å². The summed E-state index contributed by atoms with van der Waals surface area (Å²) in [6, 6.07) is 7.44. The van der Waals surface area contributed by atoms with Gasteiger partial charge in [-0.25, -0.2) is 8.42 Å². The Balaban J connectivity index is 1.95. The topological polar surface area (TPSA) is 57.7 Å². The first-order valence-electron chi connectivity index (χ1n) is 8.70. The summed E-state index contributed by atoms with van der Waals surface area (Å²) in [6.07, 6.45) is 6.69. The molecule has 0 unspecified atom stereocenters. The zero-order valence-electron chi connectivity index (χ0n) is 14.7. The summed E-state index contributed by atoms with van der Waals surface area (Å²) in [5.41, 5.74) is 1.68. The van der Waals surface area contributed by atoms with Crippen molar-refractivity contribution in [2.45, 2.75) is 45.4 Å². The highest BCUT2D eigenvalue weighted by Gasteiger charge is 2.19. The second-order valence-corrected chi connectivity index (χ2v) is 8.48. The second-order valence-electron chi connectivity index (χ2n) is 6.57. The first-order valence-corrected chi connectivity index (χ1v) is 10.5. The molecule has 1 aliphatic rings. The maximum Gasteiger partial charge on any atom is 0.232 e. The lowest BCUT2D eigenvalue weighted by Gasteiger charge is -2.24. The van der Waals surface area contributed by atoms with Crippen LogP contribution in [0.5, 0.6) is 0 Å². The van der Waals surface area contributed by atoms with Crippen molar-refractivity contribution in [3.8, 4) is 0 Å². The van der Waals surface area contributed by atoms with Crippen LogP contribution in [0, 0.1) is 6.92 Å². The summed E-state index contributed by atoms with van der Waals surface area (Å²) in [5.74, 6) is 0.148. The third kappa shape index (κ3) is 5.51. The van der Waals surface area contributed by atoms with E-state index >= 15 is 0 Å². The highest BCUT2D eigenvalue weighted by Crippen LogP contribution is 2.20. The SMILES string of the molecule is Cc1cccc(N(CCCC(=O)N2CCCCCC2)S(C)(=O)=O)c1. The maximum atomic E-state index is 12.3. The first-order chi connectivity index (χ1) is 11.4. The molecule has 0 saturated carbocycles. The monoisotopic (exact) mass is 352 g/mol. The summed E-state index contributed by atoms with van der Waals surface area (Å²) in [6.45, 7) is 3.95. The van der Waals surface area contributed by atoms with E-state index in [-0.39, 0.29) is 5.91 Å². The molecule has 0 bridgehead atoms. The van der Waals surface area contributed by atoms with Gasteiger partial charge in [-0.05, 0) is 43.9 Å². The lowest BCUT2D eigenvalue weighted by atomic mass is 10.2. The Kier molecular flexibility index (Phi) is 6.66. The van der Waals surface area contributed by atoms with Crippen molar-refractivity contribution in [3.63, 3.8) is 0 Å². The number of hydrogen-bond donors (Lipinski definition) is 0. The minimum atomic E-state index is -3.35. The van der Waals surface area contributed by atoms with E-state index < -0.39 is 10.0 Å². The molecule has 1 aliphatic heterocycles. The van der Waals surface area contributed by atoms with Gasteiger partial charge in [-0.2, -0.15) is 0 Å². The minimum absolute atomic E-state index is 0.148. The summed E-state index contributed by atoms with van der Waals surface area (Å²) >= 11 is 0. The molecule has 5 nitrogen and oxygen atoms in total. The molecule has 134 valence electrons. The van der Waals surface area contributed by atoms with Crippen molar-refractivity contribution in [2.24, 2.45) is 0 Å². The van der Waals surface area contributed by atoms with Crippen LogP contribution in [0.25, 0.3) is 0 Å². The number of nitrogens with zero attached hydrogens (tertiary/aromatic N) is 2. The van der Waals surface area contributed by atoms with Gasteiger partial charge in [0.15, 0.2) is 0 Å². The number of sulfonamides is 1. The fraction of sp³-hybridized carbons (Fsp3) is 0.611. The minimum Gasteiger partial charge on any atom is -0.343 e. The fourth-order valence-electron chi connectivity index (χ4n) is 3.12. The molecule has 1 aromatic rings. The molecule has 1 heterocycles. The number of carbonyl (C=O) groups excluding carboxylic acids is 1. The normalized spacial score (nSPS) is 15.8. The molecule has 0 aliphatic carbocycles. The van der Waals surface area contributed by atoms with Crippen molar-refractivity contribution in [3.05, 3.63) is 29.8 Å². The van der Waals surface area contributed by atoms with Gasteiger partial charge in [0.05, 0.1) is 11.9 Å². The number of amides is 1. The largest absolute Gasteiger partial charge is 0.343 e. The molecule has 1 amide bonds. The van der Waals surface area contributed by atoms with Gasteiger partial charge in [-0.15, -0.1) is 0 Å². The molecule has 2 rings (SSSR count). The lowest BCUT2D eigenvalue weighted by Crippen LogP contribution is -2.34. The molecule has 6 heteroatoms. The summed E-state index contributed by atoms with van der Waals surface area (Å²) in [4.78, 5) is 14.3. The molecule has 1 aromatic carbocycles. The highest BCUT2D eigenvalue weighted by atomic mass is 32.2. The number of anilines is 1. The molecule has 0 atom stereocenters. The van der Waals surface area contributed by atoms with Crippen molar-refractivity contribution in [2.75, 3.05) is 30.2 Å². The Bertz CT molecular complexity index is 650. The molecule has 0 spiro atoms. The van der Waals surface area contributed by atoms with Crippen molar-refractivity contribution >= 4 is 21.6 Å². The van der Waals surface area contributed by atoms with Gasteiger partial charge < -0.3 is 4.90 Å². The third-order valence-corrected chi connectivity index (χ3v) is 5.59. The Hall–Kier alpha value is -1.56. The van der Waals surface area contributed by atoms with E-state index in [4.69, 9.17) is 0 Å². The highest BCUT2D eigenvalue weighted by molar-refractivity contribution is 7.92. The average molecular weight is 353 g/mol. The number of rotatable bonds is 6. The fourth-order valence-corrected chi connectivity index (χ4v) is 4.08. The number of carbonyl (C=O) groups is 1. The number of benzene rings is 1. The second kappa shape index (κ2) is 8.51. The van der Waals surface area contributed by atoms with Gasteiger partial charge in [-0.1, -0.05) is 25.0 Å². The van der Waals surface area contributed by atoms with E-state index in [9.17, 15) is 13.2 Å². The van der Waals surface area contributed by atoms with E-state index in [1.165, 1.54) is 23.4 Å². The maximum absolute atomic E-state index is 12.3. The van der Waals surface area contributed by atoms with Crippen LogP contribution in [0.2, 0.25) is 0 Å². The number of likely N-dealkylation sites (tertiary alicyclic amines) is 1. The van der Waals surface area contributed by atoms with E-state index in [1.807, 2.05) is 30.0 Å². The van der Waals surface area contributed by atoms with Gasteiger partial charge >= 0.3 is 0 Å². The van der Waals surface area contributed by atoms with Crippen LogP contribution in [-0.2, 0) is 14.8 Å². The van der Waals surface area contributed by atoms with Crippen LogP contribution in [0.4, 0.5) is 5.69 Å². The molecule has 0 aromatic heterocycles. The Labute approximate surface area is 145 Å². The standard InChI is InChI=1S/C18H28N2O3S/c1-16-9-7-10-17(15-16)20(24(2,22)23)14-8-11-18(21)19-12-5-3-4-6-13-19/h7,9-10,15H,3-6,8,11-14H2,1-2H3. The van der Waals surface area contributed by atoms with Crippen LogP contribution in [-0.4, -0.2) is 45.1 Å². The summed E-state index contributed by atoms with van der Waals surface area (Å²) < 4.78 is 25.6. The van der Waals surface area contributed by atoms with Gasteiger partial charge in [0.2, 0.25) is 15.9 Å². The predicted molar refractivity (Wildman–Crippen MR) is 97.7 cm³/mol. The Morgan fingerprint density at radius 3 is 2.42 bits per heavy atom. The first kappa shape index (κ1) is 18.8. The van der Waals surface area contributed by atoms with E-state index in [0.717, 1.165) is 31.5 Å². The predicted octanol–water partition coefficient (Wildman–Crippen LogP) is 2.94. The number of hydrogen-bond acceptors (Lipinski definition) is 3. The third-order valence-electron chi connectivity index (χ3n) is 4.40. The average Bonchev–Trinajstić information content (AvgIpc) is 2.79. The molecule has 24 heavy (non-hydrogen) atoms. The van der Waals surface area contributed by atoms with Crippen molar-refractivity contribution in [1.82, 2.24) is 4.90 Å². The molecular weight excluding hydrogens is 324 g/mol. The summed E-state index contributed by atoms with van der Waals surface area (Å²) in [5, 5.41) is 0. The van der Waals surface area contributed by atoms with E-state index in [2.05, 4.69) is 0 Å². The zero-order valence-corrected chi connectivity index (χ0v) is 15.5. The van der Waals surface area contributed by atoms with E-state index in [0.29, 0.717) is 25.1 Å². The molecule has 1 fully saturated rings. The van der Waals surface area contributed by atoms with Gasteiger partial charge in [-0.3, -0.25) is 9.10 Å². The van der Waals surface area contributed by atoms with Crippen LogP contribution >= 0.6 is 0 Å². The Morgan fingerprint density at radius 1 is 1.17 bits per heavy atom. The molecule has 1 saturated heterocycles. The van der Waals surface area contributed by atoms with Crippen molar-refractivity contribution < 1.29 is 13.2 Å². The van der Waals surface area contributed by atoms with Gasteiger partial charge in [0, 0.05) is 26.1 Å². The van der Waals surface area contributed by atoms with Gasteiger partial charge in [0.1, 0.15) is 0 Å². The molecule has 0 radical (unpaired) electrons. The quantitative estimate of drug-likeness (QED) is 0.791. The molecule has 0 N–H and O–H groups in total. The smallest absolute Gasteiger partial charge is 0.232 e. The van der Waals surface area contributed by atoms with Crippen LogP contribution in [0.1, 0.15) is 44.1 Å². The van der Waals surface area contributed by atoms with Crippen molar-refractivity contribution in [1.29, 1.82) is 0 Å². The number of aryl methyl sites for hydroxylation is 1. The Morgan fingerprint density at radius 2 is 1.83 bits per heavy atom. The zero-order chi connectivity index (χ0) is 17.6. The summed E-state index contributed by atoms with van der Waals surface area (Å²) in [7, 11) is -3.35.